The molecule has 0 aromatic heterocycles. The van der Waals surface area contributed by atoms with Gasteiger partial charge in [0.1, 0.15) is 0 Å². The third kappa shape index (κ3) is 4.27. The number of allylic oxidation sites excluding steroid dienone is 1. The van der Waals surface area contributed by atoms with Gasteiger partial charge >= 0.3 is 0 Å². The van der Waals surface area contributed by atoms with Gasteiger partial charge in [-0.05, 0) is 30.0 Å². The molecular formula is C15H18ClNO2S. The molecule has 3 nitrogen and oxygen atoms in total. The van der Waals surface area contributed by atoms with Crippen LogP contribution in [0.4, 0.5) is 0 Å². The maximum absolute atomic E-state index is 12.3. The third-order valence-electron chi connectivity index (χ3n) is 3.00. The lowest BCUT2D eigenvalue weighted by Crippen LogP contribution is -2.35. The number of halogens is 1. The molecule has 1 fully saturated rings. The van der Waals surface area contributed by atoms with Gasteiger partial charge in [-0.15, -0.1) is 11.8 Å². The summed E-state index contributed by atoms with van der Waals surface area (Å²) in [6, 6.07) is 7.00. The number of morpholine rings is 1. The topological polar surface area (TPSA) is 29.5 Å². The van der Waals surface area contributed by atoms with Crippen LogP contribution in [0.3, 0.4) is 0 Å². The van der Waals surface area contributed by atoms with Gasteiger partial charge in [0.05, 0.1) is 18.2 Å². The molecule has 1 aliphatic heterocycles. The molecule has 0 aliphatic carbocycles. The Kier molecular flexibility index (Phi) is 5.95. The quantitative estimate of drug-likeness (QED) is 0.615. The summed E-state index contributed by atoms with van der Waals surface area (Å²) in [6.45, 7) is 5.21. The zero-order valence-electron chi connectivity index (χ0n) is 11.5. The molecule has 1 aromatic carbocycles. The lowest BCUT2D eigenvalue weighted by Gasteiger charge is -2.30. The van der Waals surface area contributed by atoms with Crippen LogP contribution in [0.1, 0.15) is 17.3 Å². The average Bonchev–Trinajstić information content (AvgIpc) is 2.48. The second-order valence-electron chi connectivity index (χ2n) is 4.39. The van der Waals surface area contributed by atoms with Crippen molar-refractivity contribution in [1.29, 1.82) is 0 Å². The summed E-state index contributed by atoms with van der Waals surface area (Å²) in [5.41, 5.74) is 0.664. The van der Waals surface area contributed by atoms with E-state index in [1.807, 2.05) is 0 Å². The molecule has 0 unspecified atom stereocenters. The predicted octanol–water partition coefficient (Wildman–Crippen LogP) is 3.45. The molecular weight excluding hydrogens is 294 g/mol. The summed E-state index contributed by atoms with van der Waals surface area (Å²) in [6.07, 6.45) is 1.72. The minimum Gasteiger partial charge on any atom is -0.378 e. The highest BCUT2D eigenvalue weighted by Crippen LogP contribution is 2.22. The van der Waals surface area contributed by atoms with Gasteiger partial charge in [-0.3, -0.25) is 4.79 Å². The second-order valence-corrected chi connectivity index (χ2v) is 6.11. The van der Waals surface area contributed by atoms with Crippen molar-refractivity contribution in [3.63, 3.8) is 0 Å². The standard InChI is InChI=1S/C15H18ClNO2S/c1-2-20-15(17-7-9-19-10-8-17)11-14(18)12-3-5-13(16)6-4-12/h3-6,11H,2,7-10H2,1H3. The van der Waals surface area contributed by atoms with Crippen LogP contribution in [0.2, 0.25) is 5.02 Å². The van der Waals surface area contributed by atoms with Gasteiger partial charge < -0.3 is 9.64 Å². The molecule has 0 saturated carbocycles. The van der Waals surface area contributed by atoms with Crippen molar-refractivity contribution in [2.75, 3.05) is 32.1 Å². The van der Waals surface area contributed by atoms with Gasteiger partial charge in [-0.25, -0.2) is 0 Å². The number of ether oxygens (including phenoxy) is 1. The zero-order chi connectivity index (χ0) is 14.4. The van der Waals surface area contributed by atoms with Crippen molar-refractivity contribution in [1.82, 2.24) is 4.90 Å². The Balaban J connectivity index is 2.14. The first-order valence-electron chi connectivity index (χ1n) is 6.68. The van der Waals surface area contributed by atoms with Crippen LogP contribution in [0.25, 0.3) is 0 Å². The fraction of sp³-hybridized carbons (Fsp3) is 0.400. The molecule has 5 heteroatoms. The summed E-state index contributed by atoms with van der Waals surface area (Å²) < 4.78 is 5.35. The van der Waals surface area contributed by atoms with E-state index in [1.165, 1.54) is 0 Å². The molecule has 0 atom stereocenters. The molecule has 2 rings (SSSR count). The first-order valence-corrected chi connectivity index (χ1v) is 8.04. The molecule has 0 radical (unpaired) electrons. The molecule has 1 saturated heterocycles. The van der Waals surface area contributed by atoms with Gasteiger partial charge in [-0.1, -0.05) is 18.5 Å². The molecule has 20 heavy (non-hydrogen) atoms. The number of rotatable bonds is 5. The number of ketones is 1. The van der Waals surface area contributed by atoms with Crippen LogP contribution >= 0.6 is 23.4 Å². The molecule has 0 bridgehead atoms. The Labute approximate surface area is 128 Å². The van der Waals surface area contributed by atoms with E-state index in [0.717, 1.165) is 37.1 Å². The largest absolute Gasteiger partial charge is 0.378 e. The van der Waals surface area contributed by atoms with Crippen LogP contribution in [0, 0.1) is 0 Å². The molecule has 1 aromatic rings. The maximum atomic E-state index is 12.3. The summed E-state index contributed by atoms with van der Waals surface area (Å²) in [4.78, 5) is 14.5. The average molecular weight is 312 g/mol. The minimum atomic E-state index is 0.0177. The summed E-state index contributed by atoms with van der Waals surface area (Å²) in [5, 5.41) is 1.66. The lowest BCUT2D eigenvalue weighted by molar-refractivity contribution is 0.0574. The van der Waals surface area contributed by atoms with Gasteiger partial charge in [0.25, 0.3) is 0 Å². The molecule has 0 amide bonds. The van der Waals surface area contributed by atoms with E-state index in [1.54, 1.807) is 42.1 Å². The first-order chi connectivity index (χ1) is 9.70. The van der Waals surface area contributed by atoms with E-state index in [4.69, 9.17) is 16.3 Å². The number of hydrogen-bond donors (Lipinski definition) is 0. The summed E-state index contributed by atoms with van der Waals surface area (Å²) >= 11 is 7.53. The fourth-order valence-corrected chi connectivity index (χ4v) is 2.94. The Morgan fingerprint density at radius 3 is 2.60 bits per heavy atom. The molecule has 1 aliphatic rings. The Hall–Kier alpha value is -0.970. The number of carbonyl (C=O) groups is 1. The normalized spacial score (nSPS) is 16.3. The van der Waals surface area contributed by atoms with E-state index in [9.17, 15) is 4.79 Å². The number of hydrogen-bond acceptors (Lipinski definition) is 4. The SMILES string of the molecule is CCSC(=CC(=O)c1ccc(Cl)cc1)N1CCOCC1. The Morgan fingerprint density at radius 2 is 2.00 bits per heavy atom. The predicted molar refractivity (Wildman–Crippen MR) is 84.4 cm³/mol. The Morgan fingerprint density at radius 1 is 1.35 bits per heavy atom. The van der Waals surface area contributed by atoms with Crippen molar-refractivity contribution >= 4 is 29.1 Å². The Bertz CT molecular complexity index is 481. The molecule has 108 valence electrons. The highest BCUT2D eigenvalue weighted by atomic mass is 35.5. The minimum absolute atomic E-state index is 0.0177. The van der Waals surface area contributed by atoms with Crippen molar-refractivity contribution in [2.45, 2.75) is 6.92 Å². The van der Waals surface area contributed by atoms with Crippen LogP contribution in [0.5, 0.6) is 0 Å². The van der Waals surface area contributed by atoms with E-state index in [-0.39, 0.29) is 5.78 Å². The molecule has 0 N–H and O–H groups in total. The van der Waals surface area contributed by atoms with Gasteiger partial charge in [-0.2, -0.15) is 0 Å². The zero-order valence-corrected chi connectivity index (χ0v) is 13.0. The monoisotopic (exact) mass is 311 g/mol. The van der Waals surface area contributed by atoms with Crippen molar-refractivity contribution in [3.05, 3.63) is 46.0 Å². The second kappa shape index (κ2) is 7.72. The highest BCUT2D eigenvalue weighted by Gasteiger charge is 2.15. The molecule has 0 spiro atoms. The van der Waals surface area contributed by atoms with E-state index < -0.39 is 0 Å². The number of thioether (sulfide) groups is 1. The van der Waals surface area contributed by atoms with Crippen LogP contribution in [-0.2, 0) is 4.74 Å². The number of nitrogens with zero attached hydrogens (tertiary/aromatic N) is 1. The maximum Gasteiger partial charge on any atom is 0.188 e. The van der Waals surface area contributed by atoms with E-state index in [0.29, 0.717) is 10.6 Å². The van der Waals surface area contributed by atoms with E-state index in [2.05, 4.69) is 11.8 Å². The van der Waals surface area contributed by atoms with Crippen molar-refractivity contribution in [2.24, 2.45) is 0 Å². The fourth-order valence-electron chi connectivity index (χ4n) is 1.97. The van der Waals surface area contributed by atoms with Gasteiger partial charge in [0.2, 0.25) is 0 Å². The van der Waals surface area contributed by atoms with Gasteiger partial charge in [0.15, 0.2) is 5.78 Å². The lowest BCUT2D eigenvalue weighted by atomic mass is 10.1. The highest BCUT2D eigenvalue weighted by molar-refractivity contribution is 8.02. The molecule has 1 heterocycles. The smallest absolute Gasteiger partial charge is 0.188 e. The summed E-state index contributed by atoms with van der Waals surface area (Å²) in [7, 11) is 0. The third-order valence-corrected chi connectivity index (χ3v) is 4.21. The van der Waals surface area contributed by atoms with Gasteiger partial charge in [0, 0.05) is 29.8 Å². The van der Waals surface area contributed by atoms with Crippen molar-refractivity contribution < 1.29 is 9.53 Å². The number of carbonyl (C=O) groups excluding carboxylic acids is 1. The first kappa shape index (κ1) is 15.4. The van der Waals surface area contributed by atoms with Crippen LogP contribution in [-0.4, -0.2) is 42.7 Å². The van der Waals surface area contributed by atoms with E-state index >= 15 is 0 Å². The van der Waals surface area contributed by atoms with Crippen LogP contribution in [0.15, 0.2) is 35.4 Å². The number of benzene rings is 1. The van der Waals surface area contributed by atoms with Crippen LogP contribution < -0.4 is 0 Å². The van der Waals surface area contributed by atoms with Crippen molar-refractivity contribution in [3.8, 4) is 0 Å². The summed E-state index contributed by atoms with van der Waals surface area (Å²) in [5.74, 6) is 0.959.